The number of nitro benzene ring substituents is 1. The van der Waals surface area contributed by atoms with Crippen LogP contribution >= 0.6 is 23.2 Å². The minimum absolute atomic E-state index is 0.0662. The van der Waals surface area contributed by atoms with E-state index in [1.807, 2.05) is 0 Å². The molecule has 3 rings (SSSR count). The fraction of sp³-hybridized carbons (Fsp3) is 0.231. The van der Waals surface area contributed by atoms with Crippen LogP contribution in [0.1, 0.15) is 59.3 Å². The third kappa shape index (κ3) is 5.40. The van der Waals surface area contributed by atoms with Gasteiger partial charge in [-0.15, -0.1) is 0 Å². The summed E-state index contributed by atoms with van der Waals surface area (Å²) in [5, 5.41) is 35.7. The van der Waals surface area contributed by atoms with E-state index in [0.717, 1.165) is 0 Å². The summed E-state index contributed by atoms with van der Waals surface area (Å²) in [5.41, 5.74) is 0.972. The predicted octanol–water partition coefficient (Wildman–Crippen LogP) is 7.12. The molecule has 1 amide bonds. The van der Waals surface area contributed by atoms with E-state index >= 15 is 0 Å². The van der Waals surface area contributed by atoms with E-state index in [2.05, 4.69) is 11.4 Å². The Labute approximate surface area is 213 Å². The van der Waals surface area contributed by atoms with Crippen molar-refractivity contribution in [2.75, 3.05) is 5.32 Å². The van der Waals surface area contributed by atoms with Gasteiger partial charge in [-0.25, -0.2) is 0 Å². The number of phenolic OH excluding ortho intramolecular Hbond substituents is 1. The summed E-state index contributed by atoms with van der Waals surface area (Å²) in [7, 11) is 0. The molecule has 0 aliphatic heterocycles. The predicted molar refractivity (Wildman–Crippen MR) is 137 cm³/mol. The Morgan fingerprint density at radius 2 is 1.77 bits per heavy atom. The average molecular weight is 512 g/mol. The van der Waals surface area contributed by atoms with Crippen LogP contribution in [-0.2, 0) is 5.41 Å². The molecule has 7 nitrogen and oxygen atoms in total. The molecule has 3 aromatic carbocycles. The molecule has 0 fully saturated rings. The number of anilines is 1. The normalized spacial score (nSPS) is 12.0. The quantitative estimate of drug-likeness (QED) is 0.279. The van der Waals surface area contributed by atoms with Gasteiger partial charge in [-0.05, 0) is 47.7 Å². The van der Waals surface area contributed by atoms with Crippen molar-refractivity contribution in [3.8, 4) is 11.8 Å². The molecule has 35 heavy (non-hydrogen) atoms. The second kappa shape index (κ2) is 9.95. The first-order chi connectivity index (χ1) is 16.3. The highest BCUT2D eigenvalue weighted by Gasteiger charge is 2.30. The molecule has 0 aromatic heterocycles. The summed E-state index contributed by atoms with van der Waals surface area (Å²) in [5.74, 6) is -1.63. The molecule has 0 heterocycles. The largest absolute Gasteiger partial charge is 0.507 e. The van der Waals surface area contributed by atoms with E-state index in [9.17, 15) is 25.3 Å². The molecule has 0 bridgehead atoms. The Morgan fingerprint density at radius 1 is 1.14 bits per heavy atom. The number of halogens is 2. The van der Waals surface area contributed by atoms with E-state index in [0.29, 0.717) is 32.4 Å². The first-order valence-corrected chi connectivity index (χ1v) is 11.4. The highest BCUT2D eigenvalue weighted by molar-refractivity contribution is 6.35. The Balaban J connectivity index is 1.95. The third-order valence-electron chi connectivity index (χ3n) is 5.67. The molecule has 0 aliphatic rings. The molecule has 0 saturated carbocycles. The number of carbonyl (C=O) groups is 1. The number of nitrogens with zero attached hydrogens (tertiary/aromatic N) is 2. The number of carbonyl (C=O) groups excluding carboxylic acids is 1. The van der Waals surface area contributed by atoms with Gasteiger partial charge in [-0.1, -0.05) is 62.2 Å². The zero-order valence-electron chi connectivity index (χ0n) is 19.5. The first kappa shape index (κ1) is 26.0. The highest BCUT2D eigenvalue weighted by Crippen LogP contribution is 2.40. The summed E-state index contributed by atoms with van der Waals surface area (Å²) in [6, 6.07) is 15.0. The van der Waals surface area contributed by atoms with E-state index in [4.69, 9.17) is 23.2 Å². The van der Waals surface area contributed by atoms with Crippen LogP contribution in [0.4, 0.5) is 11.4 Å². The highest BCUT2D eigenvalue weighted by atomic mass is 35.5. The molecule has 2 N–H and O–H groups in total. The molecule has 1 unspecified atom stereocenters. The number of nitrogens with one attached hydrogen (secondary N) is 1. The SMILES string of the molecule is Cc1c([N+](=O)[O-])cc(C(C)(C)C)c(O)c1C(=O)Nc1ccc(C(C#N)c2ccc(Cl)cc2Cl)cc1. The topological polar surface area (TPSA) is 116 Å². The summed E-state index contributed by atoms with van der Waals surface area (Å²) < 4.78 is 0. The van der Waals surface area contributed by atoms with Crippen LogP contribution in [0, 0.1) is 28.4 Å². The van der Waals surface area contributed by atoms with Gasteiger partial charge in [0.1, 0.15) is 5.75 Å². The van der Waals surface area contributed by atoms with Crippen LogP contribution in [-0.4, -0.2) is 15.9 Å². The minimum atomic E-state index is -0.681. The second-order valence-corrected chi connectivity index (χ2v) is 9.95. The van der Waals surface area contributed by atoms with Crippen LogP contribution in [0.25, 0.3) is 0 Å². The molecular formula is C26H23Cl2N3O4. The fourth-order valence-electron chi connectivity index (χ4n) is 3.80. The number of nitriles is 1. The molecule has 0 radical (unpaired) electrons. The Morgan fingerprint density at radius 3 is 2.29 bits per heavy atom. The van der Waals surface area contributed by atoms with Gasteiger partial charge in [0, 0.05) is 32.9 Å². The van der Waals surface area contributed by atoms with E-state index in [1.54, 1.807) is 63.2 Å². The molecule has 3 aromatic rings. The van der Waals surface area contributed by atoms with Crippen molar-refractivity contribution >= 4 is 40.5 Å². The number of phenols is 1. The lowest BCUT2D eigenvalue weighted by atomic mass is 9.83. The first-order valence-electron chi connectivity index (χ1n) is 10.6. The summed E-state index contributed by atoms with van der Waals surface area (Å²) >= 11 is 12.2. The van der Waals surface area contributed by atoms with Crippen molar-refractivity contribution in [1.82, 2.24) is 0 Å². The van der Waals surface area contributed by atoms with Crippen molar-refractivity contribution in [3.05, 3.63) is 96.5 Å². The van der Waals surface area contributed by atoms with Crippen LogP contribution in [0.5, 0.6) is 5.75 Å². The Kier molecular flexibility index (Phi) is 7.39. The Bertz CT molecular complexity index is 1360. The van der Waals surface area contributed by atoms with Gasteiger partial charge in [0.25, 0.3) is 11.6 Å². The van der Waals surface area contributed by atoms with E-state index in [1.165, 1.54) is 13.0 Å². The van der Waals surface area contributed by atoms with E-state index < -0.39 is 22.2 Å². The molecule has 9 heteroatoms. The maximum Gasteiger partial charge on any atom is 0.273 e. The monoisotopic (exact) mass is 511 g/mol. The lowest BCUT2D eigenvalue weighted by Crippen LogP contribution is -2.19. The lowest BCUT2D eigenvalue weighted by molar-refractivity contribution is -0.385. The minimum Gasteiger partial charge on any atom is -0.507 e. The Hall–Kier alpha value is -3.60. The number of hydrogen-bond donors (Lipinski definition) is 2. The fourth-order valence-corrected chi connectivity index (χ4v) is 4.32. The standard InChI is InChI=1S/C26H23Cl2N3O4/c1-14-22(31(34)35)12-20(26(2,3)4)24(32)23(14)25(33)30-17-8-5-15(6-9-17)19(13-29)18-10-7-16(27)11-21(18)28/h5-12,19,32H,1-4H3,(H,30,33). The average Bonchev–Trinajstić information content (AvgIpc) is 2.75. The smallest absolute Gasteiger partial charge is 0.273 e. The zero-order chi connectivity index (χ0) is 26.1. The number of aromatic hydroxyl groups is 1. The maximum atomic E-state index is 13.1. The van der Waals surface area contributed by atoms with Crippen LogP contribution in [0.15, 0.2) is 48.5 Å². The molecule has 180 valence electrons. The van der Waals surface area contributed by atoms with Gasteiger partial charge in [0.05, 0.1) is 22.5 Å². The molecule has 0 aliphatic carbocycles. The van der Waals surface area contributed by atoms with Gasteiger partial charge in [0.15, 0.2) is 0 Å². The van der Waals surface area contributed by atoms with Crippen LogP contribution < -0.4 is 5.32 Å². The van der Waals surface area contributed by atoms with Gasteiger partial charge in [-0.2, -0.15) is 5.26 Å². The van der Waals surface area contributed by atoms with Crippen LogP contribution in [0.3, 0.4) is 0 Å². The molecule has 0 saturated heterocycles. The number of amides is 1. The van der Waals surface area contributed by atoms with Crippen LogP contribution in [0.2, 0.25) is 10.0 Å². The molecule has 1 atom stereocenters. The summed E-state index contributed by atoms with van der Waals surface area (Å²) in [6.45, 7) is 6.80. The van der Waals surface area contributed by atoms with E-state index in [-0.39, 0.29) is 22.6 Å². The van der Waals surface area contributed by atoms with Crippen molar-refractivity contribution < 1.29 is 14.8 Å². The van der Waals surface area contributed by atoms with Crippen molar-refractivity contribution in [2.24, 2.45) is 0 Å². The third-order valence-corrected chi connectivity index (χ3v) is 6.23. The molecule has 0 spiro atoms. The van der Waals surface area contributed by atoms with Crippen molar-refractivity contribution in [1.29, 1.82) is 5.26 Å². The van der Waals surface area contributed by atoms with Crippen molar-refractivity contribution in [2.45, 2.75) is 39.0 Å². The van der Waals surface area contributed by atoms with Gasteiger partial charge in [-0.3, -0.25) is 14.9 Å². The summed E-state index contributed by atoms with van der Waals surface area (Å²) in [6.07, 6.45) is 0. The summed E-state index contributed by atoms with van der Waals surface area (Å²) in [4.78, 5) is 24.1. The second-order valence-electron chi connectivity index (χ2n) is 9.10. The number of nitro groups is 1. The number of rotatable bonds is 5. The van der Waals surface area contributed by atoms with Gasteiger partial charge in [0.2, 0.25) is 0 Å². The lowest BCUT2D eigenvalue weighted by Gasteiger charge is -2.23. The van der Waals surface area contributed by atoms with Gasteiger partial charge < -0.3 is 10.4 Å². The van der Waals surface area contributed by atoms with Gasteiger partial charge >= 0.3 is 0 Å². The maximum absolute atomic E-state index is 13.1. The molecular weight excluding hydrogens is 489 g/mol. The number of hydrogen-bond acceptors (Lipinski definition) is 5. The number of benzene rings is 3. The zero-order valence-corrected chi connectivity index (χ0v) is 21.0. The van der Waals surface area contributed by atoms with Crippen molar-refractivity contribution in [3.63, 3.8) is 0 Å².